The molecule has 2 N–H and O–H groups in total. The molecule has 0 radical (unpaired) electrons. The summed E-state index contributed by atoms with van der Waals surface area (Å²) in [6.45, 7) is 0.748. The van der Waals surface area contributed by atoms with E-state index in [1.165, 1.54) is 7.11 Å². The zero-order valence-electron chi connectivity index (χ0n) is 9.09. The van der Waals surface area contributed by atoms with Crippen LogP contribution < -0.4 is 5.69 Å². The fraction of sp³-hybridized carbons (Fsp3) is 0.556. The Balaban J connectivity index is 2.86. The van der Waals surface area contributed by atoms with Crippen molar-refractivity contribution in [1.82, 2.24) is 14.9 Å². The molecule has 0 aliphatic rings. The first-order valence-electron chi connectivity index (χ1n) is 4.58. The molecule has 84 valence electrons. The number of nitrogens with zero attached hydrogens (tertiary/aromatic N) is 1. The molecule has 0 unspecified atom stereocenters. The summed E-state index contributed by atoms with van der Waals surface area (Å²) in [5.74, 6) is -0.526. The Morgan fingerprint density at radius 1 is 1.40 bits per heavy atom. The smallest absolute Gasteiger partial charge is 0.356 e. The van der Waals surface area contributed by atoms with Crippen LogP contribution in [0.5, 0.6) is 0 Å². The molecule has 1 rings (SSSR count). The van der Waals surface area contributed by atoms with Crippen molar-refractivity contribution in [3.05, 3.63) is 21.9 Å². The average molecular weight is 213 g/mol. The molecule has 0 aliphatic heterocycles. The Kier molecular flexibility index (Phi) is 3.68. The third-order valence-electron chi connectivity index (χ3n) is 2.00. The lowest BCUT2D eigenvalue weighted by molar-refractivity contribution is 0.0593. The molecule has 0 saturated heterocycles. The van der Waals surface area contributed by atoms with Gasteiger partial charge in [-0.15, -0.1) is 0 Å². The standard InChI is InChI=1S/C9H15N3O3/c1-12(2)5-4-6-7(8(13)15-3)11-9(14)10-6/h4-5H2,1-3H3,(H2,10,11,14). The number of ether oxygens (including phenoxy) is 1. The lowest BCUT2D eigenvalue weighted by Gasteiger charge is -2.08. The molecule has 6 nitrogen and oxygen atoms in total. The van der Waals surface area contributed by atoms with Crippen molar-refractivity contribution in [2.45, 2.75) is 6.42 Å². The van der Waals surface area contributed by atoms with Crippen molar-refractivity contribution in [2.24, 2.45) is 0 Å². The molecular formula is C9H15N3O3. The van der Waals surface area contributed by atoms with Crippen LogP contribution in [0.1, 0.15) is 16.2 Å². The van der Waals surface area contributed by atoms with E-state index in [-0.39, 0.29) is 11.4 Å². The Morgan fingerprint density at radius 2 is 2.07 bits per heavy atom. The van der Waals surface area contributed by atoms with Gasteiger partial charge < -0.3 is 14.6 Å². The summed E-state index contributed by atoms with van der Waals surface area (Å²) in [6.07, 6.45) is 0.593. The van der Waals surface area contributed by atoms with Crippen molar-refractivity contribution in [2.75, 3.05) is 27.7 Å². The first kappa shape index (κ1) is 11.5. The first-order chi connectivity index (χ1) is 7.04. The minimum atomic E-state index is -0.526. The number of aromatic nitrogens is 2. The van der Waals surface area contributed by atoms with Crippen LogP contribution in [0.15, 0.2) is 4.79 Å². The molecule has 0 aliphatic carbocycles. The fourth-order valence-electron chi connectivity index (χ4n) is 1.22. The van der Waals surface area contributed by atoms with Crippen LogP contribution in [0.25, 0.3) is 0 Å². The molecule has 0 aromatic carbocycles. The van der Waals surface area contributed by atoms with Crippen LogP contribution in [-0.2, 0) is 11.2 Å². The predicted molar refractivity (Wildman–Crippen MR) is 55.0 cm³/mol. The van der Waals surface area contributed by atoms with Gasteiger partial charge in [0.15, 0.2) is 0 Å². The number of imidazole rings is 1. The topological polar surface area (TPSA) is 78.2 Å². The number of aromatic amines is 2. The molecule has 0 fully saturated rings. The Morgan fingerprint density at radius 3 is 2.60 bits per heavy atom. The number of likely N-dealkylation sites (N-methyl/N-ethyl adjacent to an activating group) is 1. The van der Waals surface area contributed by atoms with Crippen LogP contribution in [0.2, 0.25) is 0 Å². The number of hydrogen-bond donors (Lipinski definition) is 2. The van der Waals surface area contributed by atoms with Gasteiger partial charge in [-0.3, -0.25) is 4.98 Å². The van der Waals surface area contributed by atoms with Crippen molar-refractivity contribution >= 4 is 5.97 Å². The second-order valence-electron chi connectivity index (χ2n) is 3.48. The van der Waals surface area contributed by atoms with Crippen LogP contribution in [0.4, 0.5) is 0 Å². The molecule has 0 amide bonds. The summed E-state index contributed by atoms with van der Waals surface area (Å²) >= 11 is 0. The van der Waals surface area contributed by atoms with E-state index in [4.69, 9.17) is 0 Å². The van der Waals surface area contributed by atoms with Crippen molar-refractivity contribution < 1.29 is 9.53 Å². The summed E-state index contributed by atoms with van der Waals surface area (Å²) < 4.78 is 4.55. The molecular weight excluding hydrogens is 198 g/mol. The van der Waals surface area contributed by atoms with E-state index in [1.54, 1.807) is 0 Å². The maximum atomic E-state index is 11.3. The van der Waals surface area contributed by atoms with Crippen LogP contribution >= 0.6 is 0 Å². The van der Waals surface area contributed by atoms with Gasteiger partial charge in [-0.1, -0.05) is 0 Å². The van der Waals surface area contributed by atoms with Gasteiger partial charge in [-0.05, 0) is 14.1 Å². The molecule has 0 saturated carbocycles. The second kappa shape index (κ2) is 4.79. The van der Waals surface area contributed by atoms with Crippen molar-refractivity contribution in [3.8, 4) is 0 Å². The fourth-order valence-corrected chi connectivity index (χ4v) is 1.22. The third kappa shape index (κ3) is 2.95. The normalized spacial score (nSPS) is 10.7. The van der Waals surface area contributed by atoms with E-state index >= 15 is 0 Å². The minimum Gasteiger partial charge on any atom is -0.464 e. The Labute approximate surface area is 87.2 Å². The monoisotopic (exact) mass is 213 g/mol. The maximum Gasteiger partial charge on any atom is 0.356 e. The van der Waals surface area contributed by atoms with Gasteiger partial charge in [-0.25, -0.2) is 9.59 Å². The van der Waals surface area contributed by atoms with E-state index < -0.39 is 5.97 Å². The number of methoxy groups -OCH3 is 1. The molecule has 0 bridgehead atoms. The number of carbonyl (C=O) groups is 1. The van der Waals surface area contributed by atoms with Gasteiger partial charge in [0, 0.05) is 13.0 Å². The SMILES string of the molecule is COC(=O)c1[nH]c(=O)[nH]c1CCN(C)C. The lowest BCUT2D eigenvalue weighted by Crippen LogP contribution is -2.17. The summed E-state index contributed by atoms with van der Waals surface area (Å²) in [6, 6.07) is 0. The van der Waals surface area contributed by atoms with Gasteiger partial charge in [0.25, 0.3) is 0 Å². The van der Waals surface area contributed by atoms with E-state index in [1.807, 2.05) is 19.0 Å². The van der Waals surface area contributed by atoms with Crippen molar-refractivity contribution in [3.63, 3.8) is 0 Å². The minimum absolute atomic E-state index is 0.212. The largest absolute Gasteiger partial charge is 0.464 e. The summed E-state index contributed by atoms with van der Waals surface area (Å²) in [5, 5.41) is 0. The van der Waals surface area contributed by atoms with Gasteiger partial charge in [0.1, 0.15) is 5.69 Å². The van der Waals surface area contributed by atoms with Crippen molar-refractivity contribution in [1.29, 1.82) is 0 Å². The Hall–Kier alpha value is -1.56. The molecule has 15 heavy (non-hydrogen) atoms. The summed E-state index contributed by atoms with van der Waals surface area (Å²) in [5.41, 5.74) is 0.411. The number of rotatable bonds is 4. The predicted octanol–water partition coefficient (Wildman–Crippen LogP) is -0.406. The van der Waals surface area contributed by atoms with Gasteiger partial charge >= 0.3 is 11.7 Å². The maximum absolute atomic E-state index is 11.3. The zero-order chi connectivity index (χ0) is 11.4. The van der Waals surface area contributed by atoms with Gasteiger partial charge in [0.05, 0.1) is 12.8 Å². The summed E-state index contributed by atoms with van der Waals surface area (Å²) in [4.78, 5) is 29.3. The lowest BCUT2D eigenvalue weighted by atomic mass is 10.2. The van der Waals surface area contributed by atoms with Crippen LogP contribution in [-0.4, -0.2) is 48.6 Å². The van der Waals surface area contributed by atoms with Crippen LogP contribution in [0.3, 0.4) is 0 Å². The molecule has 6 heteroatoms. The van der Waals surface area contributed by atoms with Gasteiger partial charge in [-0.2, -0.15) is 0 Å². The number of H-pyrrole nitrogens is 2. The third-order valence-corrected chi connectivity index (χ3v) is 2.00. The molecule has 1 heterocycles. The number of carbonyl (C=O) groups excluding carboxylic acids is 1. The van der Waals surface area contributed by atoms with E-state index in [0.29, 0.717) is 12.1 Å². The molecule has 0 atom stereocenters. The zero-order valence-corrected chi connectivity index (χ0v) is 9.09. The number of esters is 1. The average Bonchev–Trinajstić information content (AvgIpc) is 2.55. The highest BCUT2D eigenvalue weighted by atomic mass is 16.5. The van der Waals surface area contributed by atoms with E-state index in [0.717, 1.165) is 6.54 Å². The molecule has 1 aromatic rings. The highest BCUT2D eigenvalue weighted by Crippen LogP contribution is 2.03. The molecule has 0 spiro atoms. The first-order valence-corrected chi connectivity index (χ1v) is 4.58. The second-order valence-corrected chi connectivity index (χ2v) is 3.48. The van der Waals surface area contributed by atoms with E-state index in [9.17, 15) is 9.59 Å². The van der Waals surface area contributed by atoms with E-state index in [2.05, 4.69) is 14.7 Å². The molecule has 1 aromatic heterocycles. The summed E-state index contributed by atoms with van der Waals surface area (Å²) in [7, 11) is 5.12. The number of hydrogen-bond acceptors (Lipinski definition) is 4. The number of nitrogens with one attached hydrogen (secondary N) is 2. The highest BCUT2D eigenvalue weighted by Gasteiger charge is 2.15. The van der Waals surface area contributed by atoms with Gasteiger partial charge in [0.2, 0.25) is 0 Å². The Bertz CT molecular complexity index is 392. The van der Waals surface area contributed by atoms with Crippen LogP contribution in [0, 0.1) is 0 Å². The highest BCUT2D eigenvalue weighted by molar-refractivity contribution is 5.88. The quantitative estimate of drug-likeness (QED) is 0.667.